The molecule has 0 aliphatic heterocycles. The molecule has 0 amide bonds. The van der Waals surface area contributed by atoms with Gasteiger partial charge in [0.15, 0.2) is 0 Å². The van der Waals surface area contributed by atoms with Crippen LogP contribution in [0.25, 0.3) is 0 Å². The second-order valence-electron chi connectivity index (χ2n) is 4.59. The summed E-state index contributed by atoms with van der Waals surface area (Å²) in [5.74, 6) is -0.859. The van der Waals surface area contributed by atoms with Crippen molar-refractivity contribution < 1.29 is 9.90 Å². The van der Waals surface area contributed by atoms with E-state index in [9.17, 15) is 9.90 Å². The minimum absolute atomic E-state index is 0.454. The van der Waals surface area contributed by atoms with Crippen LogP contribution in [0.3, 0.4) is 0 Å². The summed E-state index contributed by atoms with van der Waals surface area (Å²) in [6.07, 6.45) is 0. The Morgan fingerprint density at radius 2 is 2.00 bits per heavy atom. The van der Waals surface area contributed by atoms with Gasteiger partial charge in [0.2, 0.25) is 0 Å². The van der Waals surface area contributed by atoms with Crippen LogP contribution < -0.4 is 0 Å². The van der Waals surface area contributed by atoms with E-state index in [1.807, 2.05) is 24.0 Å². The van der Waals surface area contributed by atoms with E-state index in [0.717, 1.165) is 5.56 Å². The van der Waals surface area contributed by atoms with Gasteiger partial charge < -0.3 is 5.11 Å². The van der Waals surface area contributed by atoms with Crippen molar-refractivity contribution in [3.8, 4) is 0 Å². The maximum absolute atomic E-state index is 11.3. The summed E-state index contributed by atoms with van der Waals surface area (Å²) in [6.45, 7) is 6.34. The summed E-state index contributed by atoms with van der Waals surface area (Å²) in [5.41, 5.74) is -0.110. The summed E-state index contributed by atoms with van der Waals surface area (Å²) in [4.78, 5) is 13.1. The van der Waals surface area contributed by atoms with E-state index in [4.69, 9.17) is 23.2 Å². The SMILES string of the molecule is CCN(Cc1cccc(Cl)c1Cl)C(C)(C)C(=O)O. The van der Waals surface area contributed by atoms with Crippen LogP contribution in [0.1, 0.15) is 26.3 Å². The van der Waals surface area contributed by atoms with E-state index in [0.29, 0.717) is 23.1 Å². The third-order valence-electron chi connectivity index (χ3n) is 3.09. The van der Waals surface area contributed by atoms with Crippen molar-refractivity contribution in [1.29, 1.82) is 0 Å². The molecule has 0 radical (unpaired) electrons. The maximum Gasteiger partial charge on any atom is 0.323 e. The Labute approximate surface area is 117 Å². The first-order valence-electron chi connectivity index (χ1n) is 5.72. The Kier molecular flexibility index (Phi) is 5.02. The molecule has 3 nitrogen and oxygen atoms in total. The van der Waals surface area contributed by atoms with Crippen molar-refractivity contribution in [1.82, 2.24) is 4.90 Å². The lowest BCUT2D eigenvalue weighted by molar-refractivity contribution is -0.149. The second-order valence-corrected chi connectivity index (χ2v) is 5.38. The highest BCUT2D eigenvalue weighted by Gasteiger charge is 2.33. The van der Waals surface area contributed by atoms with Crippen LogP contribution in [0.4, 0.5) is 0 Å². The number of hydrogen-bond donors (Lipinski definition) is 1. The lowest BCUT2D eigenvalue weighted by Gasteiger charge is -2.34. The molecule has 100 valence electrons. The number of carbonyl (C=O) groups is 1. The van der Waals surface area contributed by atoms with Crippen molar-refractivity contribution in [2.75, 3.05) is 6.54 Å². The van der Waals surface area contributed by atoms with Gasteiger partial charge in [0.25, 0.3) is 0 Å². The molecule has 0 aliphatic rings. The highest BCUT2D eigenvalue weighted by atomic mass is 35.5. The zero-order valence-corrected chi connectivity index (χ0v) is 12.2. The molecule has 0 bridgehead atoms. The predicted octanol–water partition coefficient (Wildman–Crippen LogP) is 3.68. The average Bonchev–Trinajstić information content (AvgIpc) is 2.30. The molecule has 0 atom stereocenters. The van der Waals surface area contributed by atoms with E-state index >= 15 is 0 Å². The van der Waals surface area contributed by atoms with E-state index in [-0.39, 0.29) is 0 Å². The molecule has 1 aromatic rings. The third-order valence-corrected chi connectivity index (χ3v) is 3.95. The summed E-state index contributed by atoms with van der Waals surface area (Å²) in [6, 6.07) is 5.38. The summed E-state index contributed by atoms with van der Waals surface area (Å²) >= 11 is 12.1. The molecule has 0 unspecified atom stereocenters. The fourth-order valence-electron chi connectivity index (χ4n) is 1.72. The molecule has 0 aromatic heterocycles. The number of nitrogens with zero attached hydrogens (tertiary/aromatic N) is 1. The minimum Gasteiger partial charge on any atom is -0.480 e. The summed E-state index contributed by atoms with van der Waals surface area (Å²) in [5, 5.41) is 10.2. The molecule has 5 heteroatoms. The molecule has 1 N–H and O–H groups in total. The zero-order chi connectivity index (χ0) is 13.9. The van der Waals surface area contributed by atoms with Crippen LogP contribution in [-0.4, -0.2) is 28.1 Å². The largest absolute Gasteiger partial charge is 0.480 e. The number of carboxylic acid groups (broad SMARTS) is 1. The van der Waals surface area contributed by atoms with Crippen LogP contribution in [0.5, 0.6) is 0 Å². The number of hydrogen-bond acceptors (Lipinski definition) is 2. The first kappa shape index (κ1) is 15.3. The first-order chi connectivity index (χ1) is 8.30. The summed E-state index contributed by atoms with van der Waals surface area (Å²) < 4.78 is 0. The molecule has 0 fully saturated rings. The molecule has 0 saturated heterocycles. The number of halogens is 2. The second kappa shape index (κ2) is 5.91. The third kappa shape index (κ3) is 3.16. The molecule has 1 rings (SSSR count). The van der Waals surface area contributed by atoms with Gasteiger partial charge in [-0.2, -0.15) is 0 Å². The maximum atomic E-state index is 11.3. The molecule has 0 saturated carbocycles. The summed E-state index contributed by atoms with van der Waals surface area (Å²) in [7, 11) is 0. The normalized spacial score (nSPS) is 11.9. The van der Waals surface area contributed by atoms with Crippen molar-refractivity contribution in [3.05, 3.63) is 33.8 Å². The van der Waals surface area contributed by atoms with Crippen LogP contribution >= 0.6 is 23.2 Å². The van der Waals surface area contributed by atoms with E-state index in [2.05, 4.69) is 0 Å². The number of benzene rings is 1. The minimum atomic E-state index is -0.944. The Morgan fingerprint density at radius 1 is 1.39 bits per heavy atom. The van der Waals surface area contributed by atoms with E-state index < -0.39 is 11.5 Å². The van der Waals surface area contributed by atoms with Crippen molar-refractivity contribution in [2.24, 2.45) is 0 Å². The van der Waals surface area contributed by atoms with E-state index in [1.165, 1.54) is 0 Å². The van der Waals surface area contributed by atoms with Crippen molar-refractivity contribution in [2.45, 2.75) is 32.9 Å². The Hall–Kier alpha value is -0.770. The van der Waals surface area contributed by atoms with Crippen LogP contribution in [0.2, 0.25) is 10.0 Å². The number of aliphatic carboxylic acids is 1. The molecule has 0 aliphatic carbocycles. The lowest BCUT2D eigenvalue weighted by atomic mass is 10.0. The van der Waals surface area contributed by atoms with Gasteiger partial charge in [-0.05, 0) is 32.0 Å². The smallest absolute Gasteiger partial charge is 0.323 e. The Bertz CT molecular complexity index is 447. The zero-order valence-electron chi connectivity index (χ0n) is 10.7. The van der Waals surface area contributed by atoms with Gasteiger partial charge in [-0.3, -0.25) is 9.69 Å². The molecular weight excluding hydrogens is 273 g/mol. The molecule has 18 heavy (non-hydrogen) atoms. The van der Waals surface area contributed by atoms with Gasteiger partial charge in [-0.15, -0.1) is 0 Å². The molecule has 0 spiro atoms. The standard InChI is InChI=1S/C13H17Cl2NO2/c1-4-16(13(2,3)12(17)18)8-9-6-5-7-10(14)11(9)15/h5-7H,4,8H2,1-3H3,(H,17,18). The van der Waals surface area contributed by atoms with Crippen molar-refractivity contribution in [3.63, 3.8) is 0 Å². The lowest BCUT2D eigenvalue weighted by Crippen LogP contribution is -2.49. The van der Waals surface area contributed by atoms with Crippen LogP contribution in [-0.2, 0) is 11.3 Å². The van der Waals surface area contributed by atoms with Gasteiger partial charge in [-0.1, -0.05) is 42.3 Å². The van der Waals surface area contributed by atoms with Gasteiger partial charge >= 0.3 is 5.97 Å². The van der Waals surface area contributed by atoms with Crippen molar-refractivity contribution >= 4 is 29.2 Å². The van der Waals surface area contributed by atoms with E-state index in [1.54, 1.807) is 19.9 Å². The molecular formula is C13H17Cl2NO2. The van der Waals surface area contributed by atoms with Crippen LogP contribution in [0.15, 0.2) is 18.2 Å². The number of rotatable bonds is 5. The average molecular weight is 290 g/mol. The molecule has 0 heterocycles. The predicted molar refractivity (Wildman–Crippen MR) is 74.3 cm³/mol. The van der Waals surface area contributed by atoms with Gasteiger partial charge in [0.05, 0.1) is 10.0 Å². The van der Waals surface area contributed by atoms with Gasteiger partial charge in [0, 0.05) is 6.54 Å². The number of carboxylic acids is 1. The fraction of sp³-hybridized carbons (Fsp3) is 0.462. The highest BCUT2D eigenvalue weighted by molar-refractivity contribution is 6.42. The van der Waals surface area contributed by atoms with Gasteiger partial charge in [-0.25, -0.2) is 0 Å². The monoisotopic (exact) mass is 289 g/mol. The highest BCUT2D eigenvalue weighted by Crippen LogP contribution is 2.28. The Morgan fingerprint density at radius 3 is 2.50 bits per heavy atom. The van der Waals surface area contributed by atoms with Crippen LogP contribution in [0, 0.1) is 0 Å². The Balaban J connectivity index is 3.00. The van der Waals surface area contributed by atoms with Gasteiger partial charge in [0.1, 0.15) is 5.54 Å². The first-order valence-corrected chi connectivity index (χ1v) is 6.47. The quantitative estimate of drug-likeness (QED) is 0.899. The fourth-order valence-corrected chi connectivity index (χ4v) is 2.10. The topological polar surface area (TPSA) is 40.5 Å². The molecule has 1 aromatic carbocycles. The number of likely N-dealkylation sites (N-methyl/N-ethyl adjacent to an activating group) is 1.